The van der Waals surface area contributed by atoms with Gasteiger partial charge in [-0.15, -0.1) is 0 Å². The van der Waals surface area contributed by atoms with Crippen LogP contribution in [0.15, 0.2) is 18.2 Å². The van der Waals surface area contributed by atoms with Crippen LogP contribution in [0.1, 0.15) is 12.2 Å². The van der Waals surface area contributed by atoms with Crippen LogP contribution in [0.5, 0.6) is 5.75 Å². The van der Waals surface area contributed by atoms with Gasteiger partial charge in [-0.1, -0.05) is 30.0 Å². The van der Waals surface area contributed by atoms with E-state index in [0.29, 0.717) is 91.2 Å². The van der Waals surface area contributed by atoms with Crippen molar-refractivity contribution in [1.29, 1.82) is 5.26 Å². The molecule has 2 saturated heterocycles. The van der Waals surface area contributed by atoms with Crippen LogP contribution in [0.4, 0.5) is 20.7 Å². The first-order chi connectivity index (χ1) is 18.5. The summed E-state index contributed by atoms with van der Waals surface area (Å²) >= 11 is 6.78. The van der Waals surface area contributed by atoms with Crippen LogP contribution in [0.2, 0.25) is 0 Å². The molecule has 1 aromatic carbocycles. The van der Waals surface area contributed by atoms with Crippen LogP contribution >= 0.6 is 24.0 Å². The highest BCUT2D eigenvalue weighted by molar-refractivity contribution is 8.23. The van der Waals surface area contributed by atoms with Gasteiger partial charge in [-0.25, -0.2) is 13.8 Å². The minimum Gasteiger partial charge on any atom is -0.494 e. The molecule has 0 bridgehead atoms. The maximum absolute atomic E-state index is 14.2. The van der Waals surface area contributed by atoms with Gasteiger partial charge in [-0.2, -0.15) is 20.2 Å². The Morgan fingerprint density at radius 1 is 1.05 bits per heavy atom. The summed E-state index contributed by atoms with van der Waals surface area (Å²) in [6.07, 6.45) is -2.87. The van der Waals surface area contributed by atoms with Crippen molar-refractivity contribution in [2.24, 2.45) is 0 Å². The lowest BCUT2D eigenvalue weighted by Crippen LogP contribution is -2.48. The molecule has 3 aromatic rings. The lowest BCUT2D eigenvalue weighted by molar-refractivity contribution is 0.122. The van der Waals surface area contributed by atoms with Crippen LogP contribution in [0.25, 0.3) is 17.0 Å². The van der Waals surface area contributed by atoms with Gasteiger partial charge in [0, 0.05) is 39.3 Å². The van der Waals surface area contributed by atoms with Gasteiger partial charge in [-0.05, 0) is 12.1 Å². The highest BCUT2D eigenvalue weighted by Gasteiger charge is 2.28. The van der Waals surface area contributed by atoms with Crippen LogP contribution in [0, 0.1) is 11.3 Å². The topological polar surface area (TPSA) is 108 Å². The number of morpholine rings is 1. The second-order valence-electron chi connectivity index (χ2n) is 8.46. The fraction of sp³-hybridized carbons (Fsp3) is 0.478. The number of nitriles is 1. The Labute approximate surface area is 227 Å². The maximum Gasteiger partial charge on any atom is 0.296 e. The summed E-state index contributed by atoms with van der Waals surface area (Å²) in [5.74, 6) is 1.04. The zero-order valence-corrected chi connectivity index (χ0v) is 22.2. The number of fused-ring (bicyclic) bond motifs is 1. The number of nitrogens with zero attached hydrogens (tertiary/aromatic N) is 9. The van der Waals surface area contributed by atoms with Gasteiger partial charge in [0.1, 0.15) is 15.6 Å². The van der Waals surface area contributed by atoms with E-state index >= 15 is 0 Å². The molecular weight excluding hydrogens is 536 g/mol. The average Bonchev–Trinajstić information content (AvgIpc) is 3.36. The van der Waals surface area contributed by atoms with Gasteiger partial charge >= 0.3 is 0 Å². The lowest BCUT2D eigenvalue weighted by atomic mass is 10.3. The number of thioether (sulfide) groups is 1. The molecule has 200 valence electrons. The number of halogens is 2. The summed E-state index contributed by atoms with van der Waals surface area (Å²) in [4.78, 5) is 24.2. The van der Waals surface area contributed by atoms with Gasteiger partial charge in [0.05, 0.1) is 37.7 Å². The standard InChI is InChI=1S/C23H25F2N9O2S2/c1-35-16-4-2-3-15-17(16)27-19(18(24)25)34(15)22-29-20(28-21(30-22)32-10-12-36-13-11-32)31-6-8-33(9-7-31)23(37)38-14-5-26/h2-4,18H,6-14H2,1H3. The van der Waals surface area contributed by atoms with E-state index in [4.69, 9.17) is 31.9 Å². The molecule has 2 aliphatic rings. The number of imidazole rings is 1. The third-order valence-corrected chi connectivity index (χ3v) is 7.65. The van der Waals surface area contributed by atoms with Gasteiger partial charge in [0.15, 0.2) is 5.82 Å². The summed E-state index contributed by atoms with van der Waals surface area (Å²) in [6, 6.07) is 7.17. The molecule has 38 heavy (non-hydrogen) atoms. The van der Waals surface area contributed by atoms with Gasteiger partial charge < -0.3 is 24.2 Å². The van der Waals surface area contributed by atoms with Crippen LogP contribution < -0.4 is 14.5 Å². The number of anilines is 2. The summed E-state index contributed by atoms with van der Waals surface area (Å²) in [6.45, 7) is 4.55. The van der Waals surface area contributed by atoms with Crippen molar-refractivity contribution >= 4 is 51.2 Å². The van der Waals surface area contributed by atoms with E-state index < -0.39 is 12.2 Å². The Morgan fingerprint density at radius 2 is 1.71 bits per heavy atom. The van der Waals surface area contributed by atoms with Crippen LogP contribution in [-0.2, 0) is 4.74 Å². The number of piperazine rings is 1. The van der Waals surface area contributed by atoms with E-state index in [0.717, 1.165) is 0 Å². The Hall–Kier alpha value is -3.35. The van der Waals surface area contributed by atoms with Gasteiger partial charge in [0.2, 0.25) is 17.8 Å². The highest BCUT2D eigenvalue weighted by Crippen LogP contribution is 2.32. The molecule has 0 aliphatic carbocycles. The number of hydrogen-bond donors (Lipinski definition) is 0. The average molecular weight is 562 g/mol. The molecule has 2 aromatic heterocycles. The second kappa shape index (κ2) is 11.6. The minimum atomic E-state index is -2.87. The third kappa shape index (κ3) is 5.29. The fourth-order valence-corrected chi connectivity index (χ4v) is 5.29. The summed E-state index contributed by atoms with van der Waals surface area (Å²) in [5.41, 5.74) is 0.714. The van der Waals surface area contributed by atoms with E-state index in [9.17, 15) is 8.78 Å². The van der Waals surface area contributed by atoms with Crippen molar-refractivity contribution in [2.75, 3.05) is 75.1 Å². The molecule has 0 spiro atoms. The molecule has 2 aliphatic heterocycles. The normalized spacial score (nSPS) is 16.2. The molecule has 0 amide bonds. The molecule has 0 unspecified atom stereocenters. The van der Waals surface area contributed by atoms with Gasteiger partial charge in [-0.3, -0.25) is 4.57 Å². The van der Waals surface area contributed by atoms with E-state index in [1.165, 1.54) is 23.4 Å². The largest absolute Gasteiger partial charge is 0.494 e. The molecule has 2 fully saturated rings. The smallest absolute Gasteiger partial charge is 0.296 e. The van der Waals surface area contributed by atoms with Crippen molar-refractivity contribution in [2.45, 2.75) is 6.43 Å². The van der Waals surface area contributed by atoms with Gasteiger partial charge in [0.25, 0.3) is 6.43 Å². The molecule has 5 rings (SSSR count). The number of para-hydroxylation sites is 1. The van der Waals surface area contributed by atoms with Crippen molar-refractivity contribution in [1.82, 2.24) is 29.4 Å². The quantitative estimate of drug-likeness (QED) is 0.413. The number of thiocarbonyl (C=S) groups is 1. The fourth-order valence-electron chi connectivity index (χ4n) is 4.38. The molecule has 15 heteroatoms. The number of hydrogen-bond acceptors (Lipinski definition) is 11. The zero-order valence-electron chi connectivity index (χ0n) is 20.6. The molecular formula is C23H25F2N9O2S2. The molecule has 0 radical (unpaired) electrons. The second-order valence-corrected chi connectivity index (χ2v) is 10.1. The molecule has 0 saturated carbocycles. The van der Waals surface area contributed by atoms with Crippen LogP contribution in [-0.4, -0.2) is 99.1 Å². The first-order valence-electron chi connectivity index (χ1n) is 12.0. The Kier molecular flexibility index (Phi) is 8.01. The number of ether oxygens (including phenoxy) is 2. The Morgan fingerprint density at radius 3 is 2.34 bits per heavy atom. The van der Waals surface area contributed by atoms with E-state index in [1.54, 1.807) is 18.2 Å². The molecule has 0 N–H and O–H groups in total. The molecule has 11 nitrogen and oxygen atoms in total. The number of rotatable bonds is 6. The summed E-state index contributed by atoms with van der Waals surface area (Å²) in [5, 5.41) is 8.84. The Bertz CT molecular complexity index is 1350. The predicted octanol–water partition coefficient (Wildman–Crippen LogP) is 2.66. The first-order valence-corrected chi connectivity index (χ1v) is 13.4. The monoisotopic (exact) mass is 561 g/mol. The molecule has 0 atom stereocenters. The third-order valence-electron chi connectivity index (χ3n) is 6.26. The van der Waals surface area contributed by atoms with Crippen molar-refractivity contribution < 1.29 is 18.3 Å². The summed E-state index contributed by atoms with van der Waals surface area (Å²) in [7, 11) is 1.47. The maximum atomic E-state index is 14.2. The number of aromatic nitrogens is 5. The van der Waals surface area contributed by atoms with Crippen molar-refractivity contribution in [3.8, 4) is 17.8 Å². The molecule has 4 heterocycles. The summed E-state index contributed by atoms with van der Waals surface area (Å²) < 4.78 is 41.3. The van der Waals surface area contributed by atoms with E-state index in [1.807, 2.05) is 14.7 Å². The van der Waals surface area contributed by atoms with Crippen molar-refractivity contribution in [3.05, 3.63) is 24.0 Å². The van der Waals surface area contributed by atoms with E-state index in [2.05, 4.69) is 21.0 Å². The number of methoxy groups -OCH3 is 1. The lowest BCUT2D eigenvalue weighted by Gasteiger charge is -2.36. The Balaban J connectivity index is 1.55. The number of alkyl halides is 2. The number of benzene rings is 1. The van der Waals surface area contributed by atoms with E-state index in [-0.39, 0.29) is 5.95 Å². The van der Waals surface area contributed by atoms with Crippen LogP contribution in [0.3, 0.4) is 0 Å². The zero-order chi connectivity index (χ0) is 26.6. The minimum absolute atomic E-state index is 0.0603. The first kappa shape index (κ1) is 26.3. The SMILES string of the molecule is COc1cccc2c1nc(C(F)F)n2-c1nc(N2CCOCC2)nc(N2CCN(C(=S)SCC#N)CC2)n1. The highest BCUT2D eigenvalue weighted by atomic mass is 32.2. The van der Waals surface area contributed by atoms with Crippen molar-refractivity contribution in [3.63, 3.8) is 0 Å². The predicted molar refractivity (Wildman–Crippen MR) is 143 cm³/mol.